The van der Waals surface area contributed by atoms with E-state index in [-0.39, 0.29) is 24.8 Å². The van der Waals surface area contributed by atoms with E-state index in [0.717, 1.165) is 12.1 Å². The SMILES string of the molecule is CCCc1c(C(=O)N2CCO[C@H](C(=O)O)C2)nnn1-c1cccc(Cl)c1. The van der Waals surface area contributed by atoms with Crippen molar-refractivity contribution in [1.82, 2.24) is 19.9 Å². The highest BCUT2D eigenvalue weighted by molar-refractivity contribution is 6.30. The Morgan fingerprint density at radius 3 is 2.92 bits per heavy atom. The molecule has 0 bridgehead atoms. The van der Waals surface area contributed by atoms with Crippen molar-refractivity contribution in [1.29, 1.82) is 0 Å². The van der Waals surface area contributed by atoms with Crippen molar-refractivity contribution in [2.45, 2.75) is 25.9 Å². The summed E-state index contributed by atoms with van der Waals surface area (Å²) in [5.74, 6) is -1.42. The fraction of sp³-hybridized carbons (Fsp3) is 0.412. The van der Waals surface area contributed by atoms with Gasteiger partial charge in [0.25, 0.3) is 5.91 Å². The van der Waals surface area contributed by atoms with Crippen LogP contribution in [0, 0.1) is 0 Å². The van der Waals surface area contributed by atoms with Gasteiger partial charge in [-0.2, -0.15) is 0 Å². The third-order valence-electron chi connectivity index (χ3n) is 4.13. The number of amides is 1. The molecule has 1 aliphatic rings. The monoisotopic (exact) mass is 378 g/mol. The number of carbonyl (C=O) groups is 2. The molecule has 8 nitrogen and oxygen atoms in total. The van der Waals surface area contributed by atoms with Gasteiger partial charge in [0.2, 0.25) is 0 Å². The summed E-state index contributed by atoms with van der Waals surface area (Å²) in [5, 5.41) is 17.9. The minimum absolute atomic E-state index is 0.0102. The Morgan fingerprint density at radius 2 is 2.23 bits per heavy atom. The number of carboxylic acids is 1. The number of benzene rings is 1. The maximum Gasteiger partial charge on any atom is 0.334 e. The second-order valence-electron chi connectivity index (χ2n) is 5.98. The number of rotatable bonds is 5. The van der Waals surface area contributed by atoms with Crippen LogP contribution in [0.4, 0.5) is 0 Å². The summed E-state index contributed by atoms with van der Waals surface area (Å²) in [7, 11) is 0. The summed E-state index contributed by atoms with van der Waals surface area (Å²) in [6.07, 6.45) is 0.382. The molecule has 26 heavy (non-hydrogen) atoms. The van der Waals surface area contributed by atoms with Crippen LogP contribution in [0.2, 0.25) is 5.02 Å². The normalized spacial score (nSPS) is 17.3. The molecule has 138 valence electrons. The number of hydrogen-bond acceptors (Lipinski definition) is 5. The number of nitrogens with zero attached hydrogens (tertiary/aromatic N) is 4. The van der Waals surface area contributed by atoms with E-state index in [1.807, 2.05) is 13.0 Å². The average Bonchev–Trinajstić information content (AvgIpc) is 3.05. The molecule has 3 rings (SSSR count). The summed E-state index contributed by atoms with van der Waals surface area (Å²) in [6, 6.07) is 7.14. The highest BCUT2D eigenvalue weighted by atomic mass is 35.5. The number of carboxylic acid groups (broad SMARTS) is 1. The molecule has 0 radical (unpaired) electrons. The van der Waals surface area contributed by atoms with Crippen LogP contribution in [-0.4, -0.2) is 62.7 Å². The predicted octanol–water partition coefficient (Wildman–Crippen LogP) is 1.80. The Bertz CT molecular complexity index is 823. The molecule has 1 aromatic heterocycles. The number of morpholine rings is 1. The minimum Gasteiger partial charge on any atom is -0.479 e. The quantitative estimate of drug-likeness (QED) is 0.852. The number of hydrogen-bond donors (Lipinski definition) is 1. The van der Waals surface area contributed by atoms with E-state index in [9.17, 15) is 9.59 Å². The second kappa shape index (κ2) is 7.84. The molecule has 1 atom stereocenters. The predicted molar refractivity (Wildman–Crippen MR) is 93.6 cm³/mol. The minimum atomic E-state index is -1.08. The van der Waals surface area contributed by atoms with E-state index in [2.05, 4.69) is 10.3 Å². The Kier molecular flexibility index (Phi) is 5.53. The molecule has 0 aliphatic carbocycles. The van der Waals surface area contributed by atoms with Crippen LogP contribution in [0.3, 0.4) is 0 Å². The molecular weight excluding hydrogens is 360 g/mol. The van der Waals surface area contributed by atoms with Crippen LogP contribution in [0.25, 0.3) is 5.69 Å². The van der Waals surface area contributed by atoms with Gasteiger partial charge in [-0.25, -0.2) is 9.48 Å². The fourth-order valence-electron chi connectivity index (χ4n) is 2.88. The third kappa shape index (κ3) is 3.71. The average molecular weight is 379 g/mol. The largest absolute Gasteiger partial charge is 0.479 e. The second-order valence-corrected chi connectivity index (χ2v) is 6.41. The number of halogens is 1. The Balaban J connectivity index is 1.92. The van der Waals surface area contributed by atoms with Crippen LogP contribution in [0.1, 0.15) is 29.5 Å². The summed E-state index contributed by atoms with van der Waals surface area (Å²) in [5.41, 5.74) is 1.63. The van der Waals surface area contributed by atoms with Crippen molar-refractivity contribution < 1.29 is 19.4 Å². The number of ether oxygens (including phenoxy) is 1. The first-order valence-electron chi connectivity index (χ1n) is 8.35. The summed E-state index contributed by atoms with van der Waals surface area (Å²) >= 11 is 6.05. The smallest absolute Gasteiger partial charge is 0.334 e. The summed E-state index contributed by atoms with van der Waals surface area (Å²) in [6.45, 7) is 2.48. The van der Waals surface area contributed by atoms with Crippen molar-refractivity contribution in [2.75, 3.05) is 19.7 Å². The van der Waals surface area contributed by atoms with Gasteiger partial charge < -0.3 is 14.7 Å². The van der Waals surface area contributed by atoms with Crippen LogP contribution in [0.15, 0.2) is 24.3 Å². The summed E-state index contributed by atoms with van der Waals surface area (Å²) in [4.78, 5) is 25.5. The van der Waals surface area contributed by atoms with Gasteiger partial charge in [-0.3, -0.25) is 4.79 Å². The number of aliphatic carboxylic acids is 1. The fourth-order valence-corrected chi connectivity index (χ4v) is 3.06. The first-order chi connectivity index (χ1) is 12.5. The van der Waals surface area contributed by atoms with Gasteiger partial charge in [-0.15, -0.1) is 5.10 Å². The molecule has 0 saturated carbocycles. The van der Waals surface area contributed by atoms with Gasteiger partial charge in [-0.05, 0) is 24.6 Å². The first kappa shape index (κ1) is 18.3. The van der Waals surface area contributed by atoms with Gasteiger partial charge in [0.1, 0.15) is 0 Å². The van der Waals surface area contributed by atoms with E-state index < -0.39 is 12.1 Å². The molecule has 1 saturated heterocycles. The molecule has 1 fully saturated rings. The zero-order valence-corrected chi connectivity index (χ0v) is 15.0. The lowest BCUT2D eigenvalue weighted by atomic mass is 10.1. The van der Waals surface area contributed by atoms with Gasteiger partial charge >= 0.3 is 5.97 Å². The van der Waals surface area contributed by atoms with Gasteiger partial charge in [0.05, 0.1) is 24.5 Å². The van der Waals surface area contributed by atoms with Crippen LogP contribution in [-0.2, 0) is 16.0 Å². The molecule has 1 amide bonds. The third-order valence-corrected chi connectivity index (χ3v) is 4.37. The van der Waals surface area contributed by atoms with E-state index in [1.165, 1.54) is 4.90 Å². The van der Waals surface area contributed by atoms with Crippen molar-refractivity contribution in [3.63, 3.8) is 0 Å². The first-order valence-corrected chi connectivity index (χ1v) is 8.73. The zero-order valence-electron chi connectivity index (χ0n) is 14.3. The molecule has 1 aromatic carbocycles. The van der Waals surface area contributed by atoms with Gasteiger partial charge in [0, 0.05) is 11.6 Å². The molecule has 2 aromatic rings. The Morgan fingerprint density at radius 1 is 1.42 bits per heavy atom. The van der Waals surface area contributed by atoms with Crippen LogP contribution in [0.5, 0.6) is 0 Å². The highest BCUT2D eigenvalue weighted by Crippen LogP contribution is 2.20. The van der Waals surface area contributed by atoms with Crippen molar-refractivity contribution in [3.8, 4) is 5.69 Å². The van der Waals surface area contributed by atoms with E-state index >= 15 is 0 Å². The molecule has 1 aliphatic heterocycles. The van der Waals surface area contributed by atoms with Crippen LogP contribution >= 0.6 is 11.6 Å². The van der Waals surface area contributed by atoms with Crippen LogP contribution < -0.4 is 0 Å². The number of carbonyl (C=O) groups excluding carboxylic acids is 1. The molecule has 2 heterocycles. The molecule has 0 spiro atoms. The standard InChI is InChI=1S/C17H19ClN4O4/c1-2-4-13-15(16(23)21-7-8-26-14(10-21)17(24)25)19-20-22(13)12-6-3-5-11(18)9-12/h3,5-6,9,14H,2,4,7-8,10H2,1H3,(H,24,25)/t14-/m0/s1. The maximum absolute atomic E-state index is 12.9. The van der Waals surface area contributed by atoms with Gasteiger partial charge in [0.15, 0.2) is 11.8 Å². The lowest BCUT2D eigenvalue weighted by molar-refractivity contribution is -0.154. The van der Waals surface area contributed by atoms with E-state index in [0.29, 0.717) is 23.7 Å². The highest BCUT2D eigenvalue weighted by Gasteiger charge is 2.32. The van der Waals surface area contributed by atoms with Crippen molar-refractivity contribution in [3.05, 3.63) is 40.7 Å². The molecule has 0 unspecified atom stereocenters. The maximum atomic E-state index is 12.9. The molecular formula is C17H19ClN4O4. The summed E-state index contributed by atoms with van der Waals surface area (Å²) < 4.78 is 6.78. The van der Waals surface area contributed by atoms with E-state index in [4.69, 9.17) is 21.4 Å². The molecule has 9 heteroatoms. The zero-order chi connectivity index (χ0) is 18.7. The van der Waals surface area contributed by atoms with Crippen molar-refractivity contribution >= 4 is 23.5 Å². The Labute approximate surface area is 155 Å². The topological polar surface area (TPSA) is 97.6 Å². The van der Waals surface area contributed by atoms with Crippen molar-refractivity contribution in [2.24, 2.45) is 0 Å². The Hall–Kier alpha value is -2.45. The lowest BCUT2D eigenvalue weighted by Crippen LogP contribution is -2.48. The van der Waals surface area contributed by atoms with Gasteiger partial charge in [-0.1, -0.05) is 36.2 Å². The lowest BCUT2D eigenvalue weighted by Gasteiger charge is -2.30. The number of aromatic nitrogens is 3. The molecule has 1 N–H and O–H groups in total. The van der Waals surface area contributed by atoms with E-state index in [1.54, 1.807) is 22.9 Å².